The van der Waals surface area contributed by atoms with Gasteiger partial charge in [0.05, 0.1) is 0 Å². The molecule has 0 aliphatic rings. The summed E-state index contributed by atoms with van der Waals surface area (Å²) in [6, 6.07) is 9.40. The lowest BCUT2D eigenvalue weighted by molar-refractivity contribution is -0.0630. The van der Waals surface area contributed by atoms with Crippen LogP contribution in [0, 0.1) is 12.8 Å². The van der Waals surface area contributed by atoms with E-state index in [9.17, 15) is 13.5 Å². The molecule has 0 aliphatic carbocycles. The number of hydrogen-bond donors (Lipinski definition) is 2. The molecule has 0 heterocycles. The number of hydrogen-bond acceptors (Lipinski definition) is 3. The Hall–Kier alpha value is -0.950. The number of unbranched alkanes of at least 4 members (excludes halogenated alkanes) is 1. The maximum Gasteiger partial charge on any atom is 0.281 e. The van der Waals surface area contributed by atoms with Crippen LogP contribution in [-0.4, -0.2) is 36.6 Å². The average Bonchev–Trinajstić information content (AvgIpc) is 2.53. The van der Waals surface area contributed by atoms with Gasteiger partial charge in [0.2, 0.25) is 0 Å². The number of aliphatic hydroxyl groups is 1. The highest BCUT2D eigenvalue weighted by Gasteiger charge is 2.40. The second kappa shape index (κ2) is 9.51. The van der Waals surface area contributed by atoms with Crippen molar-refractivity contribution in [3.8, 4) is 0 Å². The van der Waals surface area contributed by atoms with Crippen molar-refractivity contribution in [2.75, 3.05) is 13.1 Å². The Kier molecular flexibility index (Phi) is 8.36. The highest BCUT2D eigenvalue weighted by atomic mass is 32.2. The van der Waals surface area contributed by atoms with Gasteiger partial charge in [0.25, 0.3) is 10.2 Å². The van der Waals surface area contributed by atoms with Gasteiger partial charge in [-0.3, -0.25) is 0 Å². The third kappa shape index (κ3) is 6.16. The first-order valence-electron chi connectivity index (χ1n) is 8.58. The number of benzene rings is 1. The second-order valence-electron chi connectivity index (χ2n) is 6.57. The number of nitrogens with one attached hydrogen (secondary N) is 1. The van der Waals surface area contributed by atoms with E-state index in [4.69, 9.17) is 0 Å². The molecule has 1 radical (unpaired) electrons. The predicted molar refractivity (Wildman–Crippen MR) is 98.4 cm³/mol. The van der Waals surface area contributed by atoms with Gasteiger partial charge in [0.15, 0.2) is 0 Å². The number of rotatable bonds is 11. The summed E-state index contributed by atoms with van der Waals surface area (Å²) in [4.78, 5) is 0. The molecule has 24 heavy (non-hydrogen) atoms. The highest BCUT2D eigenvalue weighted by Crippen LogP contribution is 2.26. The van der Waals surface area contributed by atoms with Crippen molar-refractivity contribution in [2.24, 2.45) is 5.92 Å². The summed E-state index contributed by atoms with van der Waals surface area (Å²) in [6.07, 6.45) is 1.94. The predicted octanol–water partition coefficient (Wildman–Crippen LogP) is 2.73. The van der Waals surface area contributed by atoms with Crippen LogP contribution >= 0.6 is 0 Å². The van der Waals surface area contributed by atoms with Crippen molar-refractivity contribution in [3.05, 3.63) is 42.8 Å². The SMILES string of the molecule is [CH2]CC(O)(Cc1ccccc1)N(CC(C)C)S(=O)(=O)NCCCC. The van der Waals surface area contributed by atoms with Crippen LogP contribution in [0.4, 0.5) is 0 Å². The molecule has 1 atom stereocenters. The first kappa shape index (κ1) is 21.1. The fraction of sp³-hybridized carbons (Fsp3) is 0.611. The Morgan fingerprint density at radius 3 is 2.42 bits per heavy atom. The third-order valence-electron chi connectivity index (χ3n) is 3.83. The van der Waals surface area contributed by atoms with Crippen molar-refractivity contribution in [2.45, 2.75) is 52.2 Å². The molecule has 0 saturated carbocycles. The Bertz CT molecular complexity index is 575. The van der Waals surface area contributed by atoms with E-state index in [1.807, 2.05) is 51.1 Å². The molecule has 0 aliphatic heterocycles. The molecule has 2 N–H and O–H groups in total. The summed E-state index contributed by atoms with van der Waals surface area (Å²) in [7, 11) is -3.79. The number of nitrogens with zero attached hydrogens (tertiary/aromatic N) is 1. The average molecular weight is 356 g/mol. The van der Waals surface area contributed by atoms with Crippen molar-refractivity contribution in [1.82, 2.24) is 9.03 Å². The zero-order chi connectivity index (χ0) is 18.2. The summed E-state index contributed by atoms with van der Waals surface area (Å²) in [5.74, 6) is 0.0848. The monoisotopic (exact) mass is 355 g/mol. The smallest absolute Gasteiger partial charge is 0.281 e. The van der Waals surface area contributed by atoms with Gasteiger partial charge in [0.1, 0.15) is 5.72 Å². The molecule has 1 aromatic rings. The molecule has 1 aromatic carbocycles. The first-order chi connectivity index (χ1) is 11.2. The zero-order valence-electron chi connectivity index (χ0n) is 15.0. The Balaban J connectivity index is 3.09. The van der Waals surface area contributed by atoms with Crippen LogP contribution in [-0.2, 0) is 16.6 Å². The van der Waals surface area contributed by atoms with E-state index in [1.165, 1.54) is 4.31 Å². The standard InChI is InChI=1S/C18H31N2O3S/c1-5-7-13-19-24(22,23)20(15-16(3)4)18(21,6-2)14-17-11-9-8-10-12-17/h8-12,16,19,21H,2,5-7,13-15H2,1,3-4H3. The van der Waals surface area contributed by atoms with Crippen LogP contribution < -0.4 is 4.72 Å². The summed E-state index contributed by atoms with van der Waals surface area (Å²) in [6.45, 7) is 10.3. The molecule has 137 valence electrons. The fourth-order valence-corrected chi connectivity index (χ4v) is 4.16. The summed E-state index contributed by atoms with van der Waals surface area (Å²) >= 11 is 0. The van der Waals surface area contributed by atoms with E-state index in [-0.39, 0.29) is 25.3 Å². The van der Waals surface area contributed by atoms with E-state index in [0.717, 1.165) is 18.4 Å². The van der Waals surface area contributed by atoms with Crippen LogP contribution in [0.5, 0.6) is 0 Å². The maximum atomic E-state index is 12.8. The van der Waals surface area contributed by atoms with Crippen molar-refractivity contribution < 1.29 is 13.5 Å². The molecule has 0 saturated heterocycles. The van der Waals surface area contributed by atoms with Gasteiger partial charge < -0.3 is 5.11 Å². The minimum atomic E-state index is -3.79. The van der Waals surface area contributed by atoms with Gasteiger partial charge in [-0.1, -0.05) is 57.5 Å². The van der Waals surface area contributed by atoms with Crippen molar-refractivity contribution in [1.29, 1.82) is 0 Å². The van der Waals surface area contributed by atoms with Crippen molar-refractivity contribution >= 4 is 10.2 Å². The topological polar surface area (TPSA) is 69.6 Å². The van der Waals surface area contributed by atoms with Crippen LogP contribution in [0.3, 0.4) is 0 Å². The lowest BCUT2D eigenvalue weighted by Crippen LogP contribution is -2.57. The third-order valence-corrected chi connectivity index (χ3v) is 5.47. The van der Waals surface area contributed by atoms with E-state index in [0.29, 0.717) is 6.54 Å². The van der Waals surface area contributed by atoms with E-state index >= 15 is 0 Å². The van der Waals surface area contributed by atoms with Crippen LogP contribution in [0.15, 0.2) is 30.3 Å². The van der Waals surface area contributed by atoms with Gasteiger partial charge in [-0.2, -0.15) is 12.7 Å². The Morgan fingerprint density at radius 2 is 1.92 bits per heavy atom. The molecular weight excluding hydrogens is 324 g/mol. The Morgan fingerprint density at radius 1 is 1.29 bits per heavy atom. The molecule has 1 unspecified atom stereocenters. The minimum Gasteiger partial charge on any atom is -0.374 e. The quantitative estimate of drug-likeness (QED) is 0.474. The summed E-state index contributed by atoms with van der Waals surface area (Å²) < 4.78 is 29.3. The van der Waals surface area contributed by atoms with E-state index < -0.39 is 15.9 Å². The first-order valence-corrected chi connectivity index (χ1v) is 10.0. The molecule has 1 rings (SSSR count). The molecular formula is C18H31N2O3S. The molecule has 0 fully saturated rings. The fourth-order valence-electron chi connectivity index (χ4n) is 2.50. The lowest BCUT2D eigenvalue weighted by atomic mass is 9.99. The van der Waals surface area contributed by atoms with Gasteiger partial charge in [-0.25, -0.2) is 4.72 Å². The maximum absolute atomic E-state index is 12.8. The van der Waals surface area contributed by atoms with Crippen LogP contribution in [0.25, 0.3) is 0 Å². The van der Waals surface area contributed by atoms with Gasteiger partial charge >= 0.3 is 0 Å². The molecule has 5 nitrogen and oxygen atoms in total. The van der Waals surface area contributed by atoms with Crippen LogP contribution in [0.1, 0.15) is 45.6 Å². The molecule has 6 heteroatoms. The molecule has 0 amide bonds. The summed E-state index contributed by atoms with van der Waals surface area (Å²) in [5.41, 5.74) is -0.676. The van der Waals surface area contributed by atoms with Crippen molar-refractivity contribution in [3.63, 3.8) is 0 Å². The molecule has 0 aromatic heterocycles. The largest absolute Gasteiger partial charge is 0.374 e. The minimum absolute atomic E-state index is 0.0727. The van der Waals surface area contributed by atoms with E-state index in [2.05, 4.69) is 11.6 Å². The van der Waals surface area contributed by atoms with Crippen LogP contribution in [0.2, 0.25) is 0 Å². The second-order valence-corrected chi connectivity index (χ2v) is 8.25. The molecule has 0 bridgehead atoms. The molecule has 0 spiro atoms. The Labute approximate surface area is 147 Å². The van der Waals surface area contributed by atoms with Gasteiger partial charge in [0, 0.05) is 19.5 Å². The van der Waals surface area contributed by atoms with E-state index in [1.54, 1.807) is 0 Å². The zero-order valence-corrected chi connectivity index (χ0v) is 15.8. The summed E-state index contributed by atoms with van der Waals surface area (Å²) in [5, 5.41) is 11.1. The highest BCUT2D eigenvalue weighted by molar-refractivity contribution is 7.87. The van der Waals surface area contributed by atoms with Gasteiger partial charge in [-0.15, -0.1) is 0 Å². The van der Waals surface area contributed by atoms with Gasteiger partial charge in [-0.05, 0) is 31.2 Å². The lowest BCUT2D eigenvalue weighted by Gasteiger charge is -2.39. The normalized spacial score (nSPS) is 15.0.